The number of fused-ring (bicyclic) bond motifs is 1. The average molecular weight is 331 g/mol. The zero-order valence-corrected chi connectivity index (χ0v) is 11.0. The van der Waals surface area contributed by atoms with E-state index in [-0.39, 0.29) is 17.7 Å². The van der Waals surface area contributed by atoms with Crippen LogP contribution in [-0.4, -0.2) is 56.7 Å². The van der Waals surface area contributed by atoms with Crippen molar-refractivity contribution in [2.45, 2.75) is 6.10 Å². The molecule has 0 fully saturated rings. The number of hydrogen-bond donors (Lipinski definition) is 3. The third-order valence-electron chi connectivity index (χ3n) is 2.36. The normalized spacial score (nSPS) is 12.3. The van der Waals surface area contributed by atoms with Crippen molar-refractivity contribution in [1.82, 2.24) is 7.96 Å². The Morgan fingerprint density at radius 2 is 2.16 bits per heavy atom. The monoisotopic (exact) mass is 332 g/mol. The predicted octanol–water partition coefficient (Wildman–Crippen LogP) is -0.548. The van der Waals surface area contributed by atoms with Crippen LogP contribution in [0.15, 0.2) is 12.1 Å². The van der Waals surface area contributed by atoms with Gasteiger partial charge in [-0.2, -0.15) is 0 Å². The van der Waals surface area contributed by atoms with Gasteiger partial charge in [-0.3, -0.25) is 0 Å². The minimum atomic E-state index is -1.56. The number of aliphatic hydroxyl groups excluding tert-OH is 1. The molecule has 19 heavy (non-hydrogen) atoms. The molecule has 10 heteroatoms. The maximum absolute atomic E-state index is 10.8. The van der Waals surface area contributed by atoms with E-state index < -0.39 is 32.0 Å². The van der Waals surface area contributed by atoms with Crippen LogP contribution in [0.25, 0.3) is 11.0 Å². The Morgan fingerprint density at radius 3 is 2.79 bits per heavy atom. The van der Waals surface area contributed by atoms with Gasteiger partial charge in [-0.15, -0.1) is 0 Å². The van der Waals surface area contributed by atoms with Crippen molar-refractivity contribution in [2.75, 3.05) is 11.9 Å². The second-order valence-corrected chi connectivity index (χ2v) is 4.69. The van der Waals surface area contributed by atoms with Gasteiger partial charge >= 0.3 is 111 Å². The van der Waals surface area contributed by atoms with Crippen LogP contribution in [0.1, 0.15) is 0 Å². The number of non-ortho nitro benzene ring substituents is 1. The number of hydrogen-bond acceptors (Lipinski definition) is 7. The van der Waals surface area contributed by atoms with E-state index in [1.54, 1.807) is 0 Å². The molecule has 3 N–H and O–H groups in total. The SMILES string of the molecule is O=C(O)C(O)CNc1ccc([N+](=O)[O-])c2n[se]nc12. The Labute approximate surface area is 112 Å². The van der Waals surface area contributed by atoms with Crippen molar-refractivity contribution >= 4 is 43.3 Å². The standard InChI is InChI=1S/C9H8N4O5Se/c14-6(9(15)16)3-10-4-1-2-5(13(17)18)8-7(4)11-19-12-8/h1-2,6,10,14H,3H2,(H,15,16). The molecule has 0 aliphatic carbocycles. The second-order valence-electron chi connectivity index (χ2n) is 3.59. The van der Waals surface area contributed by atoms with Crippen molar-refractivity contribution in [2.24, 2.45) is 0 Å². The molecule has 2 rings (SSSR count). The first-order valence-electron chi connectivity index (χ1n) is 5.05. The molecule has 1 aromatic heterocycles. The molecule has 0 bridgehead atoms. The number of nitrogens with one attached hydrogen (secondary N) is 1. The summed E-state index contributed by atoms with van der Waals surface area (Å²) < 4.78 is 8.04. The molecular weight excluding hydrogens is 323 g/mol. The molecule has 1 atom stereocenters. The van der Waals surface area contributed by atoms with Gasteiger partial charge < -0.3 is 0 Å². The van der Waals surface area contributed by atoms with E-state index >= 15 is 0 Å². The van der Waals surface area contributed by atoms with Crippen molar-refractivity contribution in [1.29, 1.82) is 0 Å². The summed E-state index contributed by atoms with van der Waals surface area (Å²) >= 11 is -0.448. The van der Waals surface area contributed by atoms with Crippen molar-refractivity contribution in [3.8, 4) is 0 Å². The Morgan fingerprint density at radius 1 is 1.47 bits per heavy atom. The molecule has 0 radical (unpaired) electrons. The fourth-order valence-electron chi connectivity index (χ4n) is 1.44. The van der Waals surface area contributed by atoms with Gasteiger partial charge in [-0.05, 0) is 0 Å². The number of aliphatic carboxylic acids is 1. The number of nitrogens with zero attached hydrogens (tertiary/aromatic N) is 3. The van der Waals surface area contributed by atoms with Gasteiger partial charge in [-0.1, -0.05) is 0 Å². The summed E-state index contributed by atoms with van der Waals surface area (Å²) in [5.41, 5.74) is 0.818. The molecule has 0 spiro atoms. The van der Waals surface area contributed by atoms with Crippen LogP contribution in [0, 0.1) is 10.1 Å². The molecule has 0 saturated heterocycles. The Hall–Kier alpha value is -2.03. The van der Waals surface area contributed by atoms with Crippen LogP contribution in [0.3, 0.4) is 0 Å². The number of carboxylic acids is 1. The van der Waals surface area contributed by atoms with Gasteiger partial charge in [0.05, 0.1) is 0 Å². The zero-order chi connectivity index (χ0) is 14.0. The third-order valence-corrected chi connectivity index (χ3v) is 3.47. The van der Waals surface area contributed by atoms with E-state index in [0.29, 0.717) is 11.2 Å². The molecule has 1 aromatic carbocycles. The van der Waals surface area contributed by atoms with Gasteiger partial charge in [0, 0.05) is 0 Å². The van der Waals surface area contributed by atoms with Crippen LogP contribution in [-0.2, 0) is 4.79 Å². The van der Waals surface area contributed by atoms with Crippen molar-refractivity contribution < 1.29 is 19.9 Å². The molecule has 0 aliphatic heterocycles. The van der Waals surface area contributed by atoms with Gasteiger partial charge in [0.15, 0.2) is 0 Å². The number of rotatable bonds is 5. The van der Waals surface area contributed by atoms with Crippen molar-refractivity contribution in [3.05, 3.63) is 22.2 Å². The summed E-state index contributed by atoms with van der Waals surface area (Å²) in [7, 11) is 0. The molecule has 0 aliphatic rings. The summed E-state index contributed by atoms with van der Waals surface area (Å²) in [6, 6.07) is 2.70. The minimum absolute atomic E-state index is 0.137. The average Bonchev–Trinajstić information content (AvgIpc) is 2.83. The Balaban J connectivity index is 2.30. The maximum atomic E-state index is 10.8. The number of nitro groups is 1. The van der Waals surface area contributed by atoms with Crippen LogP contribution in [0.5, 0.6) is 0 Å². The van der Waals surface area contributed by atoms with Crippen molar-refractivity contribution in [3.63, 3.8) is 0 Å². The van der Waals surface area contributed by atoms with E-state index in [1.165, 1.54) is 12.1 Å². The quantitative estimate of drug-likeness (QED) is 0.377. The summed E-state index contributed by atoms with van der Waals surface area (Å²) in [5, 5.41) is 31.2. The summed E-state index contributed by atoms with van der Waals surface area (Å²) in [5.74, 6) is -1.35. The summed E-state index contributed by atoms with van der Waals surface area (Å²) in [6.45, 7) is -0.220. The fraction of sp³-hybridized carbons (Fsp3) is 0.222. The number of nitro benzene ring substituents is 1. The molecule has 1 heterocycles. The molecule has 2 aromatic rings. The van der Waals surface area contributed by atoms with Gasteiger partial charge in [0.2, 0.25) is 0 Å². The van der Waals surface area contributed by atoms with E-state index in [1.807, 2.05) is 0 Å². The first kappa shape index (κ1) is 13.4. The molecule has 0 saturated carbocycles. The molecular formula is C9H8N4O5Se. The van der Waals surface area contributed by atoms with Gasteiger partial charge in [0.1, 0.15) is 0 Å². The van der Waals surface area contributed by atoms with Crippen LogP contribution >= 0.6 is 0 Å². The fourth-order valence-corrected chi connectivity index (χ4v) is 2.63. The first-order valence-corrected chi connectivity index (χ1v) is 6.58. The van der Waals surface area contributed by atoms with E-state index in [9.17, 15) is 14.9 Å². The molecule has 100 valence electrons. The Kier molecular flexibility index (Phi) is 3.74. The number of carboxylic acid groups (broad SMARTS) is 1. The topological polar surface area (TPSA) is 138 Å². The molecule has 1 unspecified atom stereocenters. The zero-order valence-electron chi connectivity index (χ0n) is 9.31. The first-order chi connectivity index (χ1) is 9.00. The second kappa shape index (κ2) is 5.31. The number of aliphatic hydroxyl groups is 1. The summed E-state index contributed by atoms with van der Waals surface area (Å²) in [4.78, 5) is 20.7. The number of carbonyl (C=O) groups is 1. The van der Waals surface area contributed by atoms with Gasteiger partial charge in [0.25, 0.3) is 0 Å². The van der Waals surface area contributed by atoms with Crippen LogP contribution in [0.2, 0.25) is 0 Å². The molecule has 0 amide bonds. The van der Waals surface area contributed by atoms with E-state index in [0.717, 1.165) is 0 Å². The molecule has 9 nitrogen and oxygen atoms in total. The predicted molar refractivity (Wildman–Crippen MR) is 65.3 cm³/mol. The number of aromatic nitrogens is 2. The Bertz CT molecular complexity index is 643. The van der Waals surface area contributed by atoms with Gasteiger partial charge in [-0.25, -0.2) is 0 Å². The van der Waals surface area contributed by atoms with E-state index in [4.69, 9.17) is 10.2 Å². The number of anilines is 1. The third kappa shape index (κ3) is 2.70. The number of benzene rings is 1. The van der Waals surface area contributed by atoms with E-state index in [2.05, 4.69) is 13.3 Å². The summed E-state index contributed by atoms with van der Waals surface area (Å²) in [6.07, 6.45) is -1.56. The van der Waals surface area contributed by atoms with Crippen LogP contribution < -0.4 is 5.32 Å². The van der Waals surface area contributed by atoms with Crippen LogP contribution in [0.4, 0.5) is 11.4 Å².